The van der Waals surface area contributed by atoms with Crippen molar-refractivity contribution in [3.63, 3.8) is 0 Å². The predicted molar refractivity (Wildman–Crippen MR) is 88.4 cm³/mol. The van der Waals surface area contributed by atoms with E-state index >= 15 is 0 Å². The fraction of sp³-hybridized carbons (Fsp3) is 0.438. The van der Waals surface area contributed by atoms with Crippen LogP contribution in [0.3, 0.4) is 0 Å². The van der Waals surface area contributed by atoms with Crippen molar-refractivity contribution in [2.24, 2.45) is 5.73 Å². The van der Waals surface area contributed by atoms with Gasteiger partial charge in [0.2, 0.25) is 0 Å². The van der Waals surface area contributed by atoms with Crippen LogP contribution in [0.1, 0.15) is 28.4 Å². The molecule has 2 N–H and O–H groups in total. The van der Waals surface area contributed by atoms with Gasteiger partial charge in [-0.15, -0.1) is 0 Å². The third-order valence-electron chi connectivity index (χ3n) is 3.43. The molecule has 0 aliphatic rings. The molecule has 1 heterocycles. The summed E-state index contributed by atoms with van der Waals surface area (Å²) in [6.45, 7) is 5.55. The number of hydrogen-bond acceptors (Lipinski definition) is 3. The third kappa shape index (κ3) is 4.15. The van der Waals surface area contributed by atoms with Crippen LogP contribution >= 0.6 is 15.9 Å². The molecule has 2 aromatic rings. The van der Waals surface area contributed by atoms with Crippen molar-refractivity contribution in [1.82, 2.24) is 9.78 Å². The molecule has 21 heavy (non-hydrogen) atoms. The summed E-state index contributed by atoms with van der Waals surface area (Å²) in [6, 6.07) is 6.46. The Morgan fingerprint density at radius 3 is 2.57 bits per heavy atom. The lowest BCUT2D eigenvalue weighted by atomic mass is 10.00. The van der Waals surface area contributed by atoms with Crippen molar-refractivity contribution in [3.05, 3.63) is 51.3 Å². The molecule has 114 valence electrons. The van der Waals surface area contributed by atoms with Crippen LogP contribution in [0.15, 0.2) is 28.9 Å². The molecule has 0 fully saturated rings. The van der Waals surface area contributed by atoms with Crippen LogP contribution in [-0.4, -0.2) is 23.5 Å². The molecule has 5 heteroatoms. The average Bonchev–Trinajstić information content (AvgIpc) is 2.76. The number of nitrogens with two attached hydrogens (primary N) is 1. The number of aryl methyl sites for hydroxylation is 2. The summed E-state index contributed by atoms with van der Waals surface area (Å²) >= 11 is 3.55. The van der Waals surface area contributed by atoms with Gasteiger partial charge in [-0.2, -0.15) is 5.10 Å². The molecule has 1 atom stereocenters. The Hall–Kier alpha value is -1.17. The highest BCUT2D eigenvalue weighted by molar-refractivity contribution is 9.10. The van der Waals surface area contributed by atoms with Crippen molar-refractivity contribution in [2.75, 3.05) is 13.7 Å². The second kappa shape index (κ2) is 7.20. The van der Waals surface area contributed by atoms with E-state index in [1.807, 2.05) is 4.68 Å². The standard InChI is InChI=1S/C16H22BrN3O/c1-11-6-12(2)8-13(7-11)9-15(18)16-14(17)10-19-20(16)4-5-21-3/h6-8,10,15H,4-5,9,18H2,1-3H3. The highest BCUT2D eigenvalue weighted by Crippen LogP contribution is 2.25. The fourth-order valence-corrected chi connectivity index (χ4v) is 3.22. The Labute approximate surface area is 134 Å². The number of rotatable bonds is 6. The molecular formula is C16H22BrN3O. The fourth-order valence-electron chi connectivity index (χ4n) is 2.63. The first kappa shape index (κ1) is 16.2. The second-order valence-corrected chi connectivity index (χ2v) is 6.25. The monoisotopic (exact) mass is 351 g/mol. The summed E-state index contributed by atoms with van der Waals surface area (Å²) in [6.07, 6.45) is 2.59. The first-order chi connectivity index (χ1) is 10.0. The molecule has 2 rings (SSSR count). The number of ether oxygens (including phenoxy) is 1. The maximum absolute atomic E-state index is 6.41. The van der Waals surface area contributed by atoms with Crippen LogP contribution in [-0.2, 0) is 17.7 Å². The molecule has 0 aliphatic heterocycles. The van der Waals surface area contributed by atoms with Gasteiger partial charge in [-0.1, -0.05) is 29.3 Å². The van der Waals surface area contributed by atoms with Gasteiger partial charge < -0.3 is 10.5 Å². The Kier molecular flexibility index (Phi) is 5.56. The van der Waals surface area contributed by atoms with E-state index in [2.05, 4.69) is 53.1 Å². The number of aromatic nitrogens is 2. The summed E-state index contributed by atoms with van der Waals surface area (Å²) in [5.41, 5.74) is 11.2. The molecule has 0 spiro atoms. The highest BCUT2D eigenvalue weighted by atomic mass is 79.9. The van der Waals surface area contributed by atoms with Gasteiger partial charge in [0.05, 0.1) is 35.6 Å². The van der Waals surface area contributed by atoms with Gasteiger partial charge in [0.25, 0.3) is 0 Å². The smallest absolute Gasteiger partial charge is 0.0697 e. The van der Waals surface area contributed by atoms with Crippen LogP contribution in [0.2, 0.25) is 0 Å². The van der Waals surface area contributed by atoms with E-state index in [1.165, 1.54) is 16.7 Å². The Balaban J connectivity index is 2.19. The Morgan fingerprint density at radius 1 is 1.29 bits per heavy atom. The lowest BCUT2D eigenvalue weighted by molar-refractivity contribution is 0.182. The number of hydrogen-bond donors (Lipinski definition) is 1. The van der Waals surface area contributed by atoms with Gasteiger partial charge in [-0.3, -0.25) is 4.68 Å². The normalized spacial score (nSPS) is 12.6. The summed E-state index contributed by atoms with van der Waals surface area (Å²) in [5, 5.41) is 4.36. The van der Waals surface area contributed by atoms with Gasteiger partial charge in [-0.05, 0) is 41.8 Å². The quantitative estimate of drug-likeness (QED) is 0.869. The minimum absolute atomic E-state index is 0.0973. The lowest BCUT2D eigenvalue weighted by Gasteiger charge is -2.16. The third-order valence-corrected chi connectivity index (χ3v) is 4.04. The molecule has 0 saturated carbocycles. The molecular weight excluding hydrogens is 330 g/mol. The molecule has 1 aromatic carbocycles. The van der Waals surface area contributed by atoms with Gasteiger partial charge in [0.15, 0.2) is 0 Å². The topological polar surface area (TPSA) is 53.1 Å². The van der Waals surface area contributed by atoms with E-state index in [1.54, 1.807) is 13.3 Å². The summed E-state index contributed by atoms with van der Waals surface area (Å²) < 4.78 is 7.99. The van der Waals surface area contributed by atoms with E-state index in [4.69, 9.17) is 10.5 Å². The number of methoxy groups -OCH3 is 1. The molecule has 4 nitrogen and oxygen atoms in total. The zero-order chi connectivity index (χ0) is 15.4. The maximum Gasteiger partial charge on any atom is 0.0697 e. The lowest BCUT2D eigenvalue weighted by Crippen LogP contribution is -2.20. The second-order valence-electron chi connectivity index (χ2n) is 5.40. The molecule has 1 aromatic heterocycles. The Morgan fingerprint density at radius 2 is 1.95 bits per heavy atom. The molecule has 0 aliphatic carbocycles. The number of benzene rings is 1. The van der Waals surface area contributed by atoms with Crippen LogP contribution in [0.4, 0.5) is 0 Å². The van der Waals surface area contributed by atoms with Crippen LogP contribution in [0.25, 0.3) is 0 Å². The maximum atomic E-state index is 6.41. The van der Waals surface area contributed by atoms with Gasteiger partial charge in [0, 0.05) is 7.11 Å². The van der Waals surface area contributed by atoms with Crippen molar-refractivity contribution in [2.45, 2.75) is 32.9 Å². The van der Waals surface area contributed by atoms with Gasteiger partial charge in [0.1, 0.15) is 0 Å². The molecule has 1 unspecified atom stereocenters. The first-order valence-corrected chi connectivity index (χ1v) is 7.83. The number of nitrogens with zero attached hydrogens (tertiary/aromatic N) is 2. The van der Waals surface area contributed by atoms with Crippen molar-refractivity contribution in [3.8, 4) is 0 Å². The predicted octanol–water partition coefficient (Wildman–Crippen LogP) is 3.15. The van der Waals surface area contributed by atoms with Crippen molar-refractivity contribution < 1.29 is 4.74 Å². The molecule has 0 radical (unpaired) electrons. The minimum Gasteiger partial charge on any atom is -0.383 e. The van der Waals surface area contributed by atoms with Crippen molar-refractivity contribution in [1.29, 1.82) is 0 Å². The van der Waals surface area contributed by atoms with Crippen molar-refractivity contribution >= 4 is 15.9 Å². The molecule has 0 saturated heterocycles. The average molecular weight is 352 g/mol. The zero-order valence-electron chi connectivity index (χ0n) is 12.8. The summed E-state index contributed by atoms with van der Waals surface area (Å²) in [4.78, 5) is 0. The van der Waals surface area contributed by atoms with Crippen LogP contribution in [0.5, 0.6) is 0 Å². The Bertz CT molecular complexity index is 589. The van der Waals surface area contributed by atoms with Crippen LogP contribution < -0.4 is 5.73 Å². The van der Waals surface area contributed by atoms with E-state index < -0.39 is 0 Å². The summed E-state index contributed by atoms with van der Waals surface area (Å²) in [7, 11) is 1.69. The van der Waals surface area contributed by atoms with Gasteiger partial charge >= 0.3 is 0 Å². The highest BCUT2D eigenvalue weighted by Gasteiger charge is 2.17. The largest absolute Gasteiger partial charge is 0.383 e. The van der Waals surface area contributed by atoms with Gasteiger partial charge in [-0.25, -0.2) is 0 Å². The van der Waals surface area contributed by atoms with E-state index in [9.17, 15) is 0 Å². The SMILES string of the molecule is COCCn1ncc(Br)c1C(N)Cc1cc(C)cc(C)c1. The molecule has 0 bridgehead atoms. The van der Waals surface area contributed by atoms with E-state index in [0.29, 0.717) is 13.2 Å². The van der Waals surface area contributed by atoms with E-state index in [-0.39, 0.29) is 6.04 Å². The summed E-state index contributed by atoms with van der Waals surface area (Å²) in [5.74, 6) is 0. The molecule has 0 amide bonds. The van der Waals surface area contributed by atoms with Crippen LogP contribution in [0, 0.1) is 13.8 Å². The zero-order valence-corrected chi connectivity index (χ0v) is 14.4. The first-order valence-electron chi connectivity index (χ1n) is 7.04. The van der Waals surface area contributed by atoms with E-state index in [0.717, 1.165) is 16.6 Å². The minimum atomic E-state index is -0.0973. The number of halogens is 1.